The van der Waals surface area contributed by atoms with Crippen LogP contribution in [0.15, 0.2) is 88.2 Å². The molecule has 1 saturated heterocycles. The number of amides is 2. The molecule has 0 spiro atoms. The van der Waals surface area contributed by atoms with Crippen molar-refractivity contribution >= 4 is 67.3 Å². The average molecular weight is 625 g/mol. The Labute approximate surface area is 243 Å². The summed E-state index contributed by atoms with van der Waals surface area (Å²) in [6, 6.07) is 24.7. The van der Waals surface area contributed by atoms with E-state index in [1.165, 1.54) is 12.0 Å². The summed E-state index contributed by atoms with van der Waals surface area (Å²) >= 11 is 10.7. The minimum absolute atomic E-state index is 0.146. The van der Waals surface area contributed by atoms with E-state index in [0.29, 0.717) is 37.2 Å². The first-order valence-corrected chi connectivity index (χ1v) is 14.0. The number of fused-ring (bicyclic) bond motifs is 1. The number of ether oxygens (including phenoxy) is 3. The van der Waals surface area contributed by atoms with Gasteiger partial charge in [-0.15, -0.1) is 0 Å². The average Bonchev–Trinajstić information content (AvgIpc) is 3.20. The van der Waals surface area contributed by atoms with E-state index in [-0.39, 0.29) is 30.9 Å². The van der Waals surface area contributed by atoms with Crippen molar-refractivity contribution in [1.82, 2.24) is 4.90 Å². The molecule has 0 unspecified atom stereocenters. The molecule has 39 heavy (non-hydrogen) atoms. The van der Waals surface area contributed by atoms with Gasteiger partial charge in [0, 0.05) is 16.0 Å². The third-order valence-electron chi connectivity index (χ3n) is 6.08. The summed E-state index contributed by atoms with van der Waals surface area (Å²) in [5.41, 5.74) is 1.52. The number of halogens is 2. The first-order chi connectivity index (χ1) is 18.9. The molecule has 0 saturated carbocycles. The van der Waals surface area contributed by atoms with E-state index in [1.807, 2.05) is 66.7 Å². The van der Waals surface area contributed by atoms with Crippen molar-refractivity contribution in [2.45, 2.75) is 6.61 Å². The molecule has 5 rings (SSSR count). The lowest BCUT2D eigenvalue weighted by Gasteiger charge is -2.15. The van der Waals surface area contributed by atoms with Crippen LogP contribution in [0.25, 0.3) is 16.8 Å². The molecule has 1 fully saturated rings. The van der Waals surface area contributed by atoms with Crippen LogP contribution < -0.4 is 14.2 Å². The third-order valence-corrected chi connectivity index (χ3v) is 7.94. The van der Waals surface area contributed by atoms with Crippen molar-refractivity contribution in [2.75, 3.05) is 20.3 Å². The number of carbonyl (C=O) groups excluding carboxylic acids is 2. The molecular weight excluding hydrogens is 602 g/mol. The maximum atomic E-state index is 13.1. The summed E-state index contributed by atoms with van der Waals surface area (Å²) in [7, 11) is 1.54. The minimum atomic E-state index is -0.361. The number of hydrogen-bond donors (Lipinski definition) is 0. The monoisotopic (exact) mass is 623 g/mol. The van der Waals surface area contributed by atoms with Crippen LogP contribution in [-0.2, 0) is 11.4 Å². The highest BCUT2D eigenvalue weighted by atomic mass is 79.9. The fourth-order valence-corrected chi connectivity index (χ4v) is 5.77. The number of rotatable bonds is 9. The molecule has 0 aliphatic carbocycles. The van der Waals surface area contributed by atoms with Gasteiger partial charge in [-0.1, -0.05) is 66.2 Å². The van der Waals surface area contributed by atoms with Crippen molar-refractivity contribution in [2.24, 2.45) is 0 Å². The number of hydrogen-bond acceptors (Lipinski definition) is 6. The first-order valence-electron chi connectivity index (χ1n) is 12.0. The summed E-state index contributed by atoms with van der Waals surface area (Å²) in [5, 5.41) is 2.32. The molecule has 0 atom stereocenters. The maximum Gasteiger partial charge on any atom is 0.293 e. The molecule has 1 heterocycles. The minimum Gasteiger partial charge on any atom is -0.493 e. The summed E-state index contributed by atoms with van der Waals surface area (Å²) in [5.74, 6) is 1.34. The van der Waals surface area contributed by atoms with E-state index in [0.717, 1.165) is 28.1 Å². The van der Waals surface area contributed by atoms with Crippen LogP contribution in [0, 0.1) is 0 Å². The number of benzene rings is 4. The molecule has 1 aliphatic heterocycles. The molecule has 0 aromatic heterocycles. The third kappa shape index (κ3) is 6.08. The zero-order chi connectivity index (χ0) is 27.4. The number of methoxy groups -OCH3 is 1. The van der Waals surface area contributed by atoms with Crippen LogP contribution in [-0.4, -0.2) is 36.3 Å². The topological polar surface area (TPSA) is 65.1 Å². The van der Waals surface area contributed by atoms with Crippen molar-refractivity contribution in [3.8, 4) is 17.2 Å². The van der Waals surface area contributed by atoms with Gasteiger partial charge < -0.3 is 14.2 Å². The molecule has 6 nitrogen and oxygen atoms in total. The molecule has 198 valence electrons. The summed E-state index contributed by atoms with van der Waals surface area (Å²) in [4.78, 5) is 27.2. The first kappa shape index (κ1) is 27.1. The molecule has 0 radical (unpaired) electrons. The van der Waals surface area contributed by atoms with Crippen LogP contribution in [0.4, 0.5) is 4.79 Å². The Morgan fingerprint density at radius 1 is 0.949 bits per heavy atom. The van der Waals surface area contributed by atoms with Crippen molar-refractivity contribution in [3.05, 3.63) is 104 Å². The Hall–Kier alpha value is -3.46. The predicted octanol–water partition coefficient (Wildman–Crippen LogP) is 7.96. The number of imide groups is 1. The SMILES string of the molecule is COc1cc(/C=C2\SC(=O)N(CCOc3cccc4ccccc34)C2=O)cc(Br)c1OCc1ccccc1Cl. The Morgan fingerprint density at radius 3 is 2.54 bits per heavy atom. The van der Waals surface area contributed by atoms with E-state index in [1.54, 1.807) is 18.2 Å². The van der Waals surface area contributed by atoms with Gasteiger partial charge in [-0.05, 0) is 69.0 Å². The second kappa shape index (κ2) is 12.2. The van der Waals surface area contributed by atoms with Gasteiger partial charge >= 0.3 is 0 Å². The van der Waals surface area contributed by atoms with Crippen molar-refractivity contribution < 1.29 is 23.8 Å². The standard InChI is InChI=1S/C30H23BrClNO5S/c1-36-26-16-19(15-23(31)28(26)38-18-21-8-3-5-11-24(21)32)17-27-29(34)33(30(35)39-27)13-14-37-25-12-6-9-20-7-2-4-10-22(20)25/h2-12,15-17H,13-14,18H2,1H3/b27-17-. The van der Waals surface area contributed by atoms with E-state index in [2.05, 4.69) is 15.9 Å². The second-order valence-corrected chi connectivity index (χ2v) is 10.8. The van der Waals surface area contributed by atoms with Gasteiger partial charge in [0.05, 0.1) is 23.0 Å². The molecule has 9 heteroatoms. The van der Waals surface area contributed by atoms with E-state index >= 15 is 0 Å². The van der Waals surface area contributed by atoms with E-state index in [4.69, 9.17) is 25.8 Å². The quantitative estimate of drug-likeness (QED) is 0.176. The normalized spacial score (nSPS) is 14.3. The zero-order valence-corrected chi connectivity index (χ0v) is 24.0. The van der Waals surface area contributed by atoms with Crippen LogP contribution in [0.1, 0.15) is 11.1 Å². The Bertz CT molecular complexity index is 1590. The second-order valence-electron chi connectivity index (χ2n) is 8.57. The lowest BCUT2D eigenvalue weighted by molar-refractivity contribution is -0.123. The van der Waals surface area contributed by atoms with Gasteiger partial charge in [0.1, 0.15) is 19.0 Å². The van der Waals surface area contributed by atoms with Crippen LogP contribution in [0.5, 0.6) is 17.2 Å². The van der Waals surface area contributed by atoms with Crippen LogP contribution >= 0.6 is 39.3 Å². The fourth-order valence-electron chi connectivity index (χ4n) is 4.14. The lowest BCUT2D eigenvalue weighted by atomic mass is 10.1. The highest BCUT2D eigenvalue weighted by Crippen LogP contribution is 2.40. The smallest absolute Gasteiger partial charge is 0.293 e. The summed E-state index contributed by atoms with van der Waals surface area (Å²) < 4.78 is 18.1. The largest absolute Gasteiger partial charge is 0.493 e. The van der Waals surface area contributed by atoms with Crippen molar-refractivity contribution in [3.63, 3.8) is 0 Å². The number of carbonyl (C=O) groups is 2. The van der Waals surface area contributed by atoms with Crippen LogP contribution in [0.2, 0.25) is 5.02 Å². The maximum absolute atomic E-state index is 13.1. The number of thioether (sulfide) groups is 1. The lowest BCUT2D eigenvalue weighted by Crippen LogP contribution is -2.32. The van der Waals surface area contributed by atoms with Crippen LogP contribution in [0.3, 0.4) is 0 Å². The van der Waals surface area contributed by atoms with Gasteiger partial charge in [0.2, 0.25) is 0 Å². The molecule has 2 amide bonds. The van der Waals surface area contributed by atoms with E-state index < -0.39 is 0 Å². The Kier molecular flexibility index (Phi) is 8.45. The molecule has 1 aliphatic rings. The Balaban J connectivity index is 1.27. The van der Waals surface area contributed by atoms with E-state index in [9.17, 15) is 9.59 Å². The fraction of sp³-hybridized carbons (Fsp3) is 0.133. The summed E-state index contributed by atoms with van der Waals surface area (Å²) in [6.45, 7) is 0.594. The predicted molar refractivity (Wildman–Crippen MR) is 159 cm³/mol. The molecular formula is C30H23BrClNO5S. The van der Waals surface area contributed by atoms with Gasteiger partial charge in [-0.25, -0.2) is 0 Å². The number of nitrogens with zero attached hydrogens (tertiary/aromatic N) is 1. The van der Waals surface area contributed by atoms with Gasteiger partial charge in [-0.3, -0.25) is 14.5 Å². The zero-order valence-electron chi connectivity index (χ0n) is 20.9. The Morgan fingerprint density at radius 2 is 1.72 bits per heavy atom. The molecule has 0 bridgehead atoms. The van der Waals surface area contributed by atoms with Gasteiger partial charge in [0.25, 0.3) is 11.1 Å². The van der Waals surface area contributed by atoms with Gasteiger partial charge in [-0.2, -0.15) is 0 Å². The summed E-state index contributed by atoms with van der Waals surface area (Å²) in [6.07, 6.45) is 1.67. The highest BCUT2D eigenvalue weighted by Gasteiger charge is 2.35. The van der Waals surface area contributed by atoms with Crippen molar-refractivity contribution in [1.29, 1.82) is 0 Å². The molecule has 4 aromatic carbocycles. The molecule has 4 aromatic rings. The molecule has 0 N–H and O–H groups in total. The highest BCUT2D eigenvalue weighted by molar-refractivity contribution is 9.10. The van der Waals surface area contributed by atoms with Gasteiger partial charge in [0.15, 0.2) is 11.5 Å².